The molecule has 0 unspecified atom stereocenters. The Balaban J connectivity index is 1.44. The van der Waals surface area contributed by atoms with Crippen molar-refractivity contribution in [2.75, 3.05) is 26.4 Å². The zero-order valence-corrected chi connectivity index (χ0v) is 31.5. The Hall–Kier alpha value is -0.860. The van der Waals surface area contributed by atoms with Crippen LogP contribution in [0.15, 0.2) is 12.2 Å². The Morgan fingerprint density at radius 1 is 0.698 bits per heavy atom. The highest BCUT2D eigenvalue weighted by molar-refractivity contribution is 5.02. The van der Waals surface area contributed by atoms with Crippen LogP contribution in [-0.2, 0) is 28.4 Å². The van der Waals surface area contributed by atoms with Gasteiger partial charge in [0.05, 0.1) is 32.0 Å². The van der Waals surface area contributed by atoms with Gasteiger partial charge in [0.15, 0.2) is 18.9 Å². The molecule has 3 saturated heterocycles. The molecule has 0 aromatic heterocycles. The van der Waals surface area contributed by atoms with Gasteiger partial charge in [0.25, 0.3) is 0 Å². The largest absolute Gasteiger partial charge is 0.396 e. The van der Waals surface area contributed by atoms with Gasteiger partial charge in [-0.1, -0.05) is 45.3 Å². The third kappa shape index (κ3) is 9.65. The molecule has 0 amide bonds. The van der Waals surface area contributed by atoms with Gasteiger partial charge >= 0.3 is 0 Å². The lowest BCUT2D eigenvalue weighted by molar-refractivity contribution is -0.390. The number of aliphatic hydroxyl groups excluding tert-OH is 9. The van der Waals surface area contributed by atoms with E-state index in [2.05, 4.69) is 27.4 Å². The number of fused-ring (bicyclic) bond motifs is 1. The van der Waals surface area contributed by atoms with Crippen molar-refractivity contribution in [3.05, 3.63) is 12.2 Å². The Labute approximate surface area is 312 Å². The van der Waals surface area contributed by atoms with Crippen LogP contribution in [0.1, 0.15) is 91.4 Å². The van der Waals surface area contributed by atoms with E-state index in [0.29, 0.717) is 11.8 Å². The van der Waals surface area contributed by atoms with Crippen LogP contribution >= 0.6 is 0 Å². The van der Waals surface area contributed by atoms with Crippen LogP contribution in [-0.4, -0.2) is 158 Å². The first-order valence-corrected chi connectivity index (χ1v) is 19.6. The van der Waals surface area contributed by atoms with E-state index >= 15 is 0 Å². The zero-order valence-electron chi connectivity index (χ0n) is 31.5. The first kappa shape index (κ1) is 43.3. The van der Waals surface area contributed by atoms with Gasteiger partial charge in [-0.2, -0.15) is 0 Å². The van der Waals surface area contributed by atoms with Crippen molar-refractivity contribution in [1.82, 2.24) is 0 Å². The second-order valence-corrected chi connectivity index (χ2v) is 16.9. The van der Waals surface area contributed by atoms with E-state index in [1.807, 2.05) is 0 Å². The highest BCUT2D eigenvalue weighted by Gasteiger charge is 2.55. The van der Waals surface area contributed by atoms with Gasteiger partial charge in [-0.3, -0.25) is 0 Å². The van der Waals surface area contributed by atoms with Crippen LogP contribution in [0.4, 0.5) is 0 Å². The van der Waals surface area contributed by atoms with E-state index in [-0.39, 0.29) is 36.9 Å². The Bertz CT molecular complexity index is 1160. The molecule has 18 atom stereocenters. The first-order valence-electron chi connectivity index (χ1n) is 19.6. The van der Waals surface area contributed by atoms with E-state index < -0.39 is 99.2 Å². The SMILES string of the molecule is C=C(C)[C@H]1CCC[C@H]2[C@](C)(CCC1)CCC[C@@]2(C)CO[C@@H]1O[C@H](CO)[C@@H](O)[C@H](O[C@@H]2O[C@H](CCO)C[C@H](O)[C@H]2O)[C@H]1O[C@@H]1O[C@H](CO)[C@@H](O)[C@H](O)[C@H]1O. The second kappa shape index (κ2) is 18.6. The molecule has 5 fully saturated rings. The number of hydrogen-bond donors (Lipinski definition) is 9. The third-order valence-electron chi connectivity index (χ3n) is 13.0. The van der Waals surface area contributed by atoms with Gasteiger partial charge < -0.3 is 74.4 Å². The van der Waals surface area contributed by atoms with Crippen molar-refractivity contribution in [3.63, 3.8) is 0 Å². The molecule has 2 saturated carbocycles. The minimum atomic E-state index is -1.81. The maximum Gasteiger partial charge on any atom is 0.187 e. The fourth-order valence-electron chi connectivity index (χ4n) is 9.81. The number of aliphatic hydroxyl groups is 9. The number of ether oxygens (including phenoxy) is 6. The molecule has 5 rings (SSSR count). The topological polar surface area (TPSA) is 237 Å². The van der Waals surface area contributed by atoms with Gasteiger partial charge in [-0.05, 0) is 74.5 Å². The molecule has 0 aromatic carbocycles. The van der Waals surface area contributed by atoms with Crippen LogP contribution in [0.25, 0.3) is 0 Å². The van der Waals surface area contributed by atoms with Gasteiger partial charge in [0.2, 0.25) is 0 Å². The highest BCUT2D eigenvalue weighted by atomic mass is 16.8. The van der Waals surface area contributed by atoms with Crippen molar-refractivity contribution in [1.29, 1.82) is 0 Å². The van der Waals surface area contributed by atoms with Crippen molar-refractivity contribution in [2.45, 2.75) is 177 Å². The van der Waals surface area contributed by atoms with Crippen molar-refractivity contribution < 1.29 is 74.4 Å². The minimum Gasteiger partial charge on any atom is -0.396 e. The molecule has 15 heteroatoms. The van der Waals surface area contributed by atoms with Crippen LogP contribution in [0.2, 0.25) is 0 Å². The normalized spacial score (nSPS) is 48.6. The van der Waals surface area contributed by atoms with E-state index in [9.17, 15) is 46.0 Å². The maximum absolute atomic E-state index is 11.5. The van der Waals surface area contributed by atoms with Gasteiger partial charge in [-0.25, -0.2) is 0 Å². The molecular weight excluding hydrogens is 696 g/mol. The molecule has 3 heterocycles. The predicted molar refractivity (Wildman–Crippen MR) is 188 cm³/mol. The second-order valence-electron chi connectivity index (χ2n) is 16.9. The summed E-state index contributed by atoms with van der Waals surface area (Å²) in [5.74, 6) is 0.811. The maximum atomic E-state index is 11.5. The van der Waals surface area contributed by atoms with Crippen LogP contribution in [0.3, 0.4) is 0 Å². The number of hydrogen-bond acceptors (Lipinski definition) is 15. The monoisotopic (exact) mass is 762 g/mol. The van der Waals surface area contributed by atoms with E-state index in [4.69, 9.17) is 28.4 Å². The first-order chi connectivity index (χ1) is 25.2. The fraction of sp³-hybridized carbons (Fsp3) is 0.947. The van der Waals surface area contributed by atoms with Crippen LogP contribution in [0, 0.1) is 22.7 Å². The van der Waals surface area contributed by atoms with Crippen molar-refractivity contribution in [3.8, 4) is 0 Å². The smallest absolute Gasteiger partial charge is 0.187 e. The average molecular weight is 763 g/mol. The summed E-state index contributed by atoms with van der Waals surface area (Å²) in [7, 11) is 0. The van der Waals surface area contributed by atoms with Crippen molar-refractivity contribution >= 4 is 0 Å². The quantitative estimate of drug-likeness (QED) is 0.121. The Kier molecular flexibility index (Phi) is 15.2. The summed E-state index contributed by atoms with van der Waals surface area (Å²) < 4.78 is 36.8. The van der Waals surface area contributed by atoms with Gasteiger partial charge in [0, 0.05) is 13.0 Å². The average Bonchev–Trinajstić information content (AvgIpc) is 3.20. The zero-order chi connectivity index (χ0) is 38.7. The molecule has 2 aliphatic carbocycles. The number of allylic oxidation sites excluding steroid dienone is 1. The summed E-state index contributed by atoms with van der Waals surface area (Å²) in [5, 5.41) is 94.7. The fourth-order valence-corrected chi connectivity index (χ4v) is 9.81. The van der Waals surface area contributed by atoms with E-state index in [0.717, 1.165) is 57.8 Å². The molecule has 308 valence electrons. The van der Waals surface area contributed by atoms with Crippen molar-refractivity contribution in [2.24, 2.45) is 22.7 Å². The lowest BCUT2D eigenvalue weighted by Gasteiger charge is -2.54. The molecule has 15 nitrogen and oxygen atoms in total. The van der Waals surface area contributed by atoms with Gasteiger partial charge in [0.1, 0.15) is 54.9 Å². The van der Waals surface area contributed by atoms with E-state index in [1.165, 1.54) is 5.57 Å². The highest BCUT2D eigenvalue weighted by Crippen LogP contribution is 2.57. The molecular formula is C38H66O15. The Morgan fingerprint density at radius 3 is 2.00 bits per heavy atom. The van der Waals surface area contributed by atoms with Gasteiger partial charge in [-0.15, -0.1) is 0 Å². The summed E-state index contributed by atoms with van der Waals surface area (Å²) in [4.78, 5) is 0. The standard InChI is InChI=1S/C38H66O15/c1-20(2)21-8-5-10-26-37(3,12-6-9-21)13-7-14-38(26,4)19-48-36-33(53-35-31(47)30(46)28(44)24(17-40)50-35)32(29(45)25(18-41)51-36)52-34-27(43)23(42)16-22(49-34)11-15-39/h21-36,39-47H,1,5-19H2,2-4H3/t21-,22+,23-,24+,25+,26-,27+,28+,29+,30-,31+,32-,33+,34-,35-,36+,37+,38-/m0/s1. The molecule has 0 bridgehead atoms. The van der Waals surface area contributed by atoms with E-state index in [1.54, 1.807) is 0 Å². The predicted octanol–water partition coefficient (Wildman–Crippen LogP) is 0.230. The molecule has 9 N–H and O–H groups in total. The van der Waals surface area contributed by atoms with Crippen LogP contribution in [0.5, 0.6) is 0 Å². The lowest BCUT2D eigenvalue weighted by Crippen LogP contribution is -2.66. The minimum absolute atomic E-state index is 0.0280. The summed E-state index contributed by atoms with van der Waals surface area (Å²) >= 11 is 0. The molecule has 5 aliphatic rings. The molecule has 0 aromatic rings. The lowest BCUT2D eigenvalue weighted by atomic mass is 9.53. The summed E-state index contributed by atoms with van der Waals surface area (Å²) in [6.45, 7) is 9.57. The molecule has 0 spiro atoms. The third-order valence-corrected chi connectivity index (χ3v) is 13.0. The molecule has 53 heavy (non-hydrogen) atoms. The molecule has 3 aliphatic heterocycles. The Morgan fingerprint density at radius 2 is 1.32 bits per heavy atom. The number of rotatable bonds is 12. The summed E-state index contributed by atoms with van der Waals surface area (Å²) in [6.07, 6.45) is -10.8. The molecule has 0 radical (unpaired) electrons. The summed E-state index contributed by atoms with van der Waals surface area (Å²) in [6, 6.07) is 0. The van der Waals surface area contributed by atoms with Crippen LogP contribution < -0.4 is 0 Å². The summed E-state index contributed by atoms with van der Waals surface area (Å²) in [5.41, 5.74) is 1.00.